The van der Waals surface area contributed by atoms with Gasteiger partial charge in [-0.3, -0.25) is 18.7 Å². The lowest BCUT2D eigenvalue weighted by atomic mass is 10.2. The van der Waals surface area contributed by atoms with Crippen molar-refractivity contribution in [2.75, 3.05) is 23.3 Å². The van der Waals surface area contributed by atoms with Crippen LogP contribution in [-0.4, -0.2) is 33.1 Å². The minimum Gasteiger partial charge on any atom is -0.370 e. The van der Waals surface area contributed by atoms with Gasteiger partial charge in [-0.1, -0.05) is 11.6 Å². The zero-order valence-electron chi connectivity index (χ0n) is 16.1. The van der Waals surface area contributed by atoms with Gasteiger partial charge in [-0.05, 0) is 43.2 Å². The highest BCUT2D eigenvalue weighted by atomic mass is 35.5. The minimum absolute atomic E-state index is 0.105. The van der Waals surface area contributed by atoms with Crippen LogP contribution in [0.4, 0.5) is 11.4 Å². The number of carbonyl (C=O) groups is 1. The average molecular weight is 414 g/mol. The molecular formula is C20H20ClN5O3. The molecule has 29 heavy (non-hydrogen) atoms. The summed E-state index contributed by atoms with van der Waals surface area (Å²) in [5.41, 5.74) is 0.823. The van der Waals surface area contributed by atoms with Crippen LogP contribution in [0.1, 0.15) is 23.3 Å². The molecule has 3 aromatic rings. The molecule has 4 rings (SSSR count). The molecule has 1 saturated heterocycles. The zero-order chi connectivity index (χ0) is 20.7. The molecule has 0 spiro atoms. The van der Waals surface area contributed by atoms with Crippen molar-refractivity contribution >= 4 is 39.9 Å². The molecule has 8 nitrogen and oxygen atoms in total. The van der Waals surface area contributed by atoms with E-state index in [1.807, 2.05) is 6.07 Å². The van der Waals surface area contributed by atoms with E-state index in [4.69, 9.17) is 11.6 Å². The Morgan fingerprint density at radius 2 is 1.79 bits per heavy atom. The fraction of sp³-hybridized carbons (Fsp3) is 0.300. The molecule has 0 bridgehead atoms. The van der Waals surface area contributed by atoms with Gasteiger partial charge in [0.05, 0.1) is 16.8 Å². The van der Waals surface area contributed by atoms with Crippen molar-refractivity contribution in [3.05, 3.63) is 61.9 Å². The van der Waals surface area contributed by atoms with Crippen LogP contribution in [0.3, 0.4) is 0 Å². The number of benzene rings is 1. The molecule has 1 aliphatic rings. The van der Waals surface area contributed by atoms with Crippen LogP contribution >= 0.6 is 11.6 Å². The number of anilines is 2. The van der Waals surface area contributed by atoms with E-state index in [9.17, 15) is 14.4 Å². The third-order valence-corrected chi connectivity index (χ3v) is 5.42. The van der Waals surface area contributed by atoms with E-state index < -0.39 is 17.2 Å². The Hall–Kier alpha value is -3.13. The summed E-state index contributed by atoms with van der Waals surface area (Å²) in [5.74, 6) is -0.442. The number of aryl methyl sites for hydroxylation is 1. The third kappa shape index (κ3) is 3.40. The highest BCUT2D eigenvalue weighted by molar-refractivity contribution is 6.31. The van der Waals surface area contributed by atoms with Gasteiger partial charge < -0.3 is 10.2 Å². The first-order valence-corrected chi connectivity index (χ1v) is 9.67. The first-order valence-electron chi connectivity index (χ1n) is 9.29. The van der Waals surface area contributed by atoms with E-state index in [1.165, 1.54) is 30.8 Å². The van der Waals surface area contributed by atoms with Gasteiger partial charge in [0.15, 0.2) is 0 Å². The van der Waals surface area contributed by atoms with Gasteiger partial charge in [-0.15, -0.1) is 0 Å². The monoisotopic (exact) mass is 413 g/mol. The van der Waals surface area contributed by atoms with E-state index in [0.717, 1.165) is 36.2 Å². The number of hydrogen-bond acceptors (Lipinski definition) is 5. The van der Waals surface area contributed by atoms with Crippen LogP contribution in [0.2, 0.25) is 5.02 Å². The SMILES string of the molecule is Cn1c(=O)c2ccc(C(=O)Nc3cc(Cl)ccc3N3CCCC3)nc2n(C)c1=O. The second kappa shape index (κ2) is 7.36. The summed E-state index contributed by atoms with van der Waals surface area (Å²) >= 11 is 6.14. The summed E-state index contributed by atoms with van der Waals surface area (Å²) in [6.45, 7) is 1.84. The summed E-state index contributed by atoms with van der Waals surface area (Å²) in [4.78, 5) is 43.8. The van der Waals surface area contributed by atoms with Crippen LogP contribution in [0.5, 0.6) is 0 Å². The second-order valence-electron chi connectivity index (χ2n) is 7.08. The molecule has 3 heterocycles. The molecular weight excluding hydrogens is 394 g/mol. The highest BCUT2D eigenvalue weighted by Crippen LogP contribution is 2.31. The molecule has 0 unspecified atom stereocenters. The number of amides is 1. The topological polar surface area (TPSA) is 89.2 Å². The molecule has 0 aliphatic carbocycles. The van der Waals surface area contributed by atoms with Gasteiger partial charge in [0.2, 0.25) is 0 Å². The van der Waals surface area contributed by atoms with Gasteiger partial charge >= 0.3 is 5.69 Å². The number of nitrogens with zero attached hydrogens (tertiary/aromatic N) is 4. The smallest absolute Gasteiger partial charge is 0.332 e. The summed E-state index contributed by atoms with van der Waals surface area (Å²) in [5, 5.41) is 3.66. The lowest BCUT2D eigenvalue weighted by Crippen LogP contribution is -2.37. The van der Waals surface area contributed by atoms with Gasteiger partial charge in [0.25, 0.3) is 11.5 Å². The molecule has 9 heteroatoms. The molecule has 0 radical (unpaired) electrons. The number of fused-ring (bicyclic) bond motifs is 1. The minimum atomic E-state index is -0.501. The second-order valence-corrected chi connectivity index (χ2v) is 7.52. The Balaban J connectivity index is 1.73. The fourth-order valence-corrected chi connectivity index (χ4v) is 3.78. The van der Waals surface area contributed by atoms with Gasteiger partial charge in [0, 0.05) is 32.2 Å². The summed E-state index contributed by atoms with van der Waals surface area (Å²) in [7, 11) is 2.92. The predicted molar refractivity (Wildman–Crippen MR) is 113 cm³/mol. The molecule has 150 valence electrons. The number of hydrogen-bond donors (Lipinski definition) is 1. The van der Waals surface area contributed by atoms with E-state index in [1.54, 1.807) is 12.1 Å². The highest BCUT2D eigenvalue weighted by Gasteiger charge is 2.19. The molecule has 1 N–H and O–H groups in total. The largest absolute Gasteiger partial charge is 0.370 e. The standard InChI is InChI=1S/C20H20ClN5O3/c1-24-17-13(19(28)25(2)20(24)29)6-7-14(22-17)18(27)23-15-11-12(21)5-8-16(15)26-9-3-4-10-26/h5-8,11H,3-4,9-10H2,1-2H3,(H,23,27). The van der Waals surface area contributed by atoms with Crippen molar-refractivity contribution in [2.24, 2.45) is 14.1 Å². The van der Waals surface area contributed by atoms with Crippen LogP contribution in [0, 0.1) is 0 Å². The van der Waals surface area contributed by atoms with Crippen molar-refractivity contribution in [3.8, 4) is 0 Å². The van der Waals surface area contributed by atoms with Crippen molar-refractivity contribution in [3.63, 3.8) is 0 Å². The Morgan fingerprint density at radius 3 is 2.52 bits per heavy atom. The Labute approximate surface area is 171 Å². The van der Waals surface area contributed by atoms with E-state index in [2.05, 4.69) is 15.2 Å². The number of pyridine rings is 1. The first kappa shape index (κ1) is 19.2. The van der Waals surface area contributed by atoms with Gasteiger partial charge in [-0.25, -0.2) is 9.78 Å². The Kier molecular flexibility index (Phi) is 4.87. The van der Waals surface area contributed by atoms with E-state index in [-0.39, 0.29) is 16.7 Å². The maximum atomic E-state index is 12.9. The number of rotatable bonds is 3. The molecule has 2 aromatic heterocycles. The summed E-state index contributed by atoms with van der Waals surface area (Å²) in [6, 6.07) is 8.39. The molecule has 1 aromatic carbocycles. The lowest BCUT2D eigenvalue weighted by Gasteiger charge is -2.21. The van der Waals surface area contributed by atoms with Crippen molar-refractivity contribution in [1.29, 1.82) is 0 Å². The molecule has 1 fully saturated rings. The number of halogens is 1. The van der Waals surface area contributed by atoms with Crippen molar-refractivity contribution < 1.29 is 4.79 Å². The first-order chi connectivity index (χ1) is 13.9. The molecule has 0 saturated carbocycles. The fourth-order valence-electron chi connectivity index (χ4n) is 3.61. The van der Waals surface area contributed by atoms with Crippen LogP contribution in [0.15, 0.2) is 39.9 Å². The van der Waals surface area contributed by atoms with Crippen LogP contribution in [-0.2, 0) is 14.1 Å². The number of carbonyl (C=O) groups excluding carboxylic acids is 1. The quantitative estimate of drug-likeness (QED) is 0.710. The predicted octanol–water partition coefficient (Wildman–Crippen LogP) is 2.14. The van der Waals surface area contributed by atoms with Crippen molar-refractivity contribution in [1.82, 2.24) is 14.1 Å². The molecule has 1 aliphatic heterocycles. The zero-order valence-corrected chi connectivity index (χ0v) is 16.9. The number of nitrogens with one attached hydrogen (secondary N) is 1. The van der Waals surface area contributed by atoms with E-state index in [0.29, 0.717) is 10.7 Å². The van der Waals surface area contributed by atoms with Crippen molar-refractivity contribution in [2.45, 2.75) is 12.8 Å². The van der Waals surface area contributed by atoms with Gasteiger partial charge in [-0.2, -0.15) is 0 Å². The average Bonchev–Trinajstić information content (AvgIpc) is 3.25. The van der Waals surface area contributed by atoms with Crippen LogP contribution in [0.25, 0.3) is 11.0 Å². The Bertz CT molecular complexity index is 1240. The molecule has 0 atom stereocenters. The normalized spacial score (nSPS) is 13.8. The number of aromatic nitrogens is 3. The third-order valence-electron chi connectivity index (χ3n) is 5.19. The molecule has 1 amide bonds. The maximum Gasteiger partial charge on any atom is 0.332 e. The lowest BCUT2D eigenvalue weighted by molar-refractivity contribution is 0.102. The van der Waals surface area contributed by atoms with Crippen LogP contribution < -0.4 is 21.5 Å². The Morgan fingerprint density at radius 1 is 1.07 bits per heavy atom. The summed E-state index contributed by atoms with van der Waals surface area (Å²) in [6.07, 6.45) is 2.20. The van der Waals surface area contributed by atoms with E-state index >= 15 is 0 Å². The van der Waals surface area contributed by atoms with Gasteiger partial charge in [0.1, 0.15) is 11.3 Å². The summed E-state index contributed by atoms with van der Waals surface area (Å²) < 4.78 is 2.26. The maximum absolute atomic E-state index is 12.9.